The van der Waals surface area contributed by atoms with E-state index < -0.39 is 0 Å². The monoisotopic (exact) mass is 264 g/mol. The summed E-state index contributed by atoms with van der Waals surface area (Å²) in [4.78, 5) is 2.41. The van der Waals surface area contributed by atoms with Gasteiger partial charge in [-0.3, -0.25) is 0 Å². The van der Waals surface area contributed by atoms with Gasteiger partial charge in [-0.1, -0.05) is 24.6 Å². The van der Waals surface area contributed by atoms with E-state index in [9.17, 15) is 0 Å². The van der Waals surface area contributed by atoms with Crippen LogP contribution in [0.3, 0.4) is 0 Å². The van der Waals surface area contributed by atoms with Crippen LogP contribution in [0.2, 0.25) is 0 Å². The van der Waals surface area contributed by atoms with Gasteiger partial charge in [-0.15, -0.1) is 0 Å². The lowest BCUT2D eigenvalue weighted by Crippen LogP contribution is -2.59. The van der Waals surface area contributed by atoms with Crippen LogP contribution in [-0.4, -0.2) is 30.1 Å². The molecule has 2 unspecified atom stereocenters. The molecule has 0 saturated carbocycles. The number of anilines is 1. The van der Waals surface area contributed by atoms with Crippen molar-refractivity contribution in [3.05, 3.63) is 29.8 Å². The van der Waals surface area contributed by atoms with Gasteiger partial charge in [0.05, 0.1) is 5.54 Å². The summed E-state index contributed by atoms with van der Waals surface area (Å²) in [5.74, 6) is 1.27. The minimum Gasteiger partial charge on any atom is -0.367 e. The molecule has 1 aromatic rings. The van der Waals surface area contributed by atoms with Crippen LogP contribution in [0.25, 0.3) is 0 Å². The molecule has 2 nitrogen and oxygen atoms in total. The van der Waals surface area contributed by atoms with Crippen molar-refractivity contribution in [1.29, 1.82) is 0 Å². The van der Waals surface area contributed by atoms with Crippen molar-refractivity contribution in [2.75, 3.05) is 24.2 Å². The van der Waals surface area contributed by atoms with Crippen LogP contribution >= 0.6 is 11.8 Å². The Bertz CT molecular complexity index is 390. The molecule has 2 rings (SSSR count). The zero-order valence-corrected chi connectivity index (χ0v) is 12.5. The molecule has 0 aliphatic carbocycles. The van der Waals surface area contributed by atoms with Crippen molar-refractivity contribution in [2.45, 2.75) is 37.5 Å². The van der Waals surface area contributed by atoms with Crippen molar-refractivity contribution >= 4 is 17.4 Å². The maximum Gasteiger partial charge on any atom is 0.0636 e. The lowest BCUT2D eigenvalue weighted by Gasteiger charge is -2.49. The second-order valence-electron chi connectivity index (χ2n) is 5.32. The molecule has 0 bridgehead atoms. The number of rotatable bonds is 3. The molecule has 0 spiro atoms. The summed E-state index contributed by atoms with van der Waals surface area (Å²) in [7, 11) is 2.19. The number of aryl methyl sites for hydroxylation is 1. The van der Waals surface area contributed by atoms with Crippen LogP contribution in [-0.2, 0) is 0 Å². The molecule has 0 aromatic heterocycles. The van der Waals surface area contributed by atoms with Crippen molar-refractivity contribution < 1.29 is 0 Å². The number of hydrogen-bond donors (Lipinski definition) is 1. The maximum absolute atomic E-state index is 6.14. The largest absolute Gasteiger partial charge is 0.367 e. The Morgan fingerprint density at radius 3 is 2.61 bits per heavy atom. The zero-order chi connectivity index (χ0) is 13.2. The Hall–Kier alpha value is -0.670. The molecular formula is C15H24N2S. The summed E-state index contributed by atoms with van der Waals surface area (Å²) in [5.41, 5.74) is 8.83. The average Bonchev–Trinajstić information content (AvgIpc) is 2.40. The number of benzene rings is 1. The molecule has 1 aliphatic rings. The van der Waals surface area contributed by atoms with Crippen LogP contribution in [0.5, 0.6) is 0 Å². The SMILES string of the molecule is Cc1ccc(N(C)C2(CN)CCCSC2C)cc1. The topological polar surface area (TPSA) is 29.3 Å². The van der Waals surface area contributed by atoms with Gasteiger partial charge in [0.2, 0.25) is 0 Å². The predicted octanol–water partition coefficient (Wildman–Crippen LogP) is 3.04. The molecule has 2 atom stereocenters. The molecule has 0 radical (unpaired) electrons. The van der Waals surface area contributed by atoms with E-state index in [-0.39, 0.29) is 5.54 Å². The van der Waals surface area contributed by atoms with E-state index in [1.54, 1.807) is 0 Å². The fourth-order valence-corrected chi connectivity index (χ4v) is 4.21. The Morgan fingerprint density at radius 2 is 2.06 bits per heavy atom. The highest BCUT2D eigenvalue weighted by atomic mass is 32.2. The van der Waals surface area contributed by atoms with Gasteiger partial charge >= 0.3 is 0 Å². The lowest BCUT2D eigenvalue weighted by molar-refractivity contribution is 0.367. The molecule has 1 aliphatic heterocycles. The predicted molar refractivity (Wildman–Crippen MR) is 82.5 cm³/mol. The number of nitrogens with two attached hydrogens (primary N) is 1. The van der Waals surface area contributed by atoms with E-state index in [0.29, 0.717) is 5.25 Å². The van der Waals surface area contributed by atoms with Crippen LogP contribution in [0.4, 0.5) is 5.69 Å². The standard InChI is InChI=1S/C15H24N2S/c1-12-5-7-14(8-6-12)17(3)15(11-16)9-4-10-18-13(15)2/h5-8,13H,4,9-11,16H2,1-3H3. The number of hydrogen-bond acceptors (Lipinski definition) is 3. The van der Waals surface area contributed by atoms with E-state index in [1.165, 1.54) is 29.8 Å². The molecule has 0 amide bonds. The van der Waals surface area contributed by atoms with Gasteiger partial charge in [0, 0.05) is 24.5 Å². The van der Waals surface area contributed by atoms with Crippen LogP contribution in [0, 0.1) is 6.92 Å². The van der Waals surface area contributed by atoms with Crippen molar-refractivity contribution in [2.24, 2.45) is 5.73 Å². The molecule has 1 aromatic carbocycles. The number of thioether (sulfide) groups is 1. The Morgan fingerprint density at radius 1 is 1.39 bits per heavy atom. The number of likely N-dealkylation sites (N-methyl/N-ethyl adjacent to an activating group) is 1. The summed E-state index contributed by atoms with van der Waals surface area (Å²) < 4.78 is 0. The van der Waals surface area contributed by atoms with Crippen LogP contribution < -0.4 is 10.6 Å². The Labute approximate surface area is 115 Å². The quantitative estimate of drug-likeness (QED) is 0.910. The van der Waals surface area contributed by atoms with Crippen LogP contribution in [0.1, 0.15) is 25.3 Å². The highest BCUT2D eigenvalue weighted by Crippen LogP contribution is 2.39. The molecule has 1 heterocycles. The molecule has 18 heavy (non-hydrogen) atoms. The molecule has 1 saturated heterocycles. The van der Waals surface area contributed by atoms with Crippen LogP contribution in [0.15, 0.2) is 24.3 Å². The van der Waals surface area contributed by atoms with Gasteiger partial charge < -0.3 is 10.6 Å². The van der Waals surface area contributed by atoms with Gasteiger partial charge in [-0.25, -0.2) is 0 Å². The minimum absolute atomic E-state index is 0.109. The third-order valence-corrected chi connectivity index (χ3v) is 5.78. The van der Waals surface area contributed by atoms with Gasteiger partial charge in [0.1, 0.15) is 0 Å². The summed E-state index contributed by atoms with van der Waals surface area (Å²) in [6, 6.07) is 8.77. The third kappa shape index (κ3) is 2.39. The summed E-state index contributed by atoms with van der Waals surface area (Å²) >= 11 is 2.05. The van der Waals surface area contributed by atoms with Crippen molar-refractivity contribution in [3.63, 3.8) is 0 Å². The summed E-state index contributed by atoms with van der Waals surface area (Å²) in [6.45, 7) is 5.18. The van der Waals surface area contributed by atoms with E-state index in [2.05, 4.69) is 61.8 Å². The fraction of sp³-hybridized carbons (Fsp3) is 0.600. The zero-order valence-electron chi connectivity index (χ0n) is 11.6. The first kappa shape index (κ1) is 13.8. The number of nitrogens with zero attached hydrogens (tertiary/aromatic N) is 1. The third-order valence-electron chi connectivity index (χ3n) is 4.32. The van der Waals surface area contributed by atoms with E-state index in [0.717, 1.165) is 6.54 Å². The van der Waals surface area contributed by atoms with E-state index in [1.807, 2.05) is 0 Å². The Balaban J connectivity index is 2.28. The van der Waals surface area contributed by atoms with Gasteiger partial charge in [-0.05, 0) is 37.7 Å². The average molecular weight is 264 g/mol. The smallest absolute Gasteiger partial charge is 0.0636 e. The molecular weight excluding hydrogens is 240 g/mol. The van der Waals surface area contributed by atoms with Crippen molar-refractivity contribution in [3.8, 4) is 0 Å². The first-order valence-electron chi connectivity index (χ1n) is 6.72. The van der Waals surface area contributed by atoms with Crippen molar-refractivity contribution in [1.82, 2.24) is 0 Å². The van der Waals surface area contributed by atoms with Gasteiger partial charge in [0.15, 0.2) is 0 Å². The first-order chi connectivity index (χ1) is 8.60. The second kappa shape index (κ2) is 5.54. The normalized spacial score (nSPS) is 28.1. The Kier molecular flexibility index (Phi) is 4.23. The minimum atomic E-state index is 0.109. The summed E-state index contributed by atoms with van der Waals surface area (Å²) in [5, 5.41) is 0.586. The summed E-state index contributed by atoms with van der Waals surface area (Å²) in [6.07, 6.45) is 2.46. The first-order valence-corrected chi connectivity index (χ1v) is 7.77. The highest BCUT2D eigenvalue weighted by molar-refractivity contribution is 8.00. The maximum atomic E-state index is 6.14. The fourth-order valence-electron chi connectivity index (χ4n) is 2.87. The van der Waals surface area contributed by atoms with Gasteiger partial charge in [0.25, 0.3) is 0 Å². The second-order valence-corrected chi connectivity index (χ2v) is 6.77. The molecule has 100 valence electrons. The van der Waals surface area contributed by atoms with E-state index >= 15 is 0 Å². The molecule has 1 fully saturated rings. The van der Waals surface area contributed by atoms with Gasteiger partial charge in [-0.2, -0.15) is 11.8 Å². The highest BCUT2D eigenvalue weighted by Gasteiger charge is 2.41. The molecule has 3 heteroatoms. The molecule has 2 N–H and O–H groups in total. The lowest BCUT2D eigenvalue weighted by atomic mass is 9.87. The van der Waals surface area contributed by atoms with E-state index in [4.69, 9.17) is 5.73 Å².